The second-order valence-corrected chi connectivity index (χ2v) is 8.15. The van der Waals surface area contributed by atoms with E-state index in [-0.39, 0.29) is 18.3 Å². The predicted molar refractivity (Wildman–Crippen MR) is 117 cm³/mol. The first-order valence-corrected chi connectivity index (χ1v) is 10.6. The molecule has 2 aromatic carbocycles. The van der Waals surface area contributed by atoms with Crippen molar-refractivity contribution in [3.8, 4) is 11.5 Å². The van der Waals surface area contributed by atoms with Crippen molar-refractivity contribution in [2.24, 2.45) is 7.05 Å². The third kappa shape index (κ3) is 5.88. The normalized spacial score (nSPS) is 10.6. The monoisotopic (exact) mass is 496 g/mol. The fourth-order valence-electron chi connectivity index (χ4n) is 2.32. The number of anilines is 1. The van der Waals surface area contributed by atoms with Gasteiger partial charge in [-0.2, -0.15) is 0 Å². The van der Waals surface area contributed by atoms with Crippen LogP contribution >= 0.6 is 39.3 Å². The van der Waals surface area contributed by atoms with Crippen molar-refractivity contribution in [3.05, 3.63) is 57.8 Å². The van der Waals surface area contributed by atoms with Gasteiger partial charge in [0.05, 0.1) is 23.6 Å². The van der Waals surface area contributed by atoms with E-state index in [1.54, 1.807) is 23.8 Å². The molecule has 10 heteroatoms. The minimum absolute atomic E-state index is 0.178. The van der Waals surface area contributed by atoms with Gasteiger partial charge in [0.1, 0.15) is 18.1 Å². The minimum Gasteiger partial charge on any atom is -0.497 e. The lowest BCUT2D eigenvalue weighted by atomic mass is 10.3. The molecule has 0 atom stereocenters. The molecule has 0 aliphatic carbocycles. The van der Waals surface area contributed by atoms with E-state index in [0.717, 1.165) is 10.2 Å². The van der Waals surface area contributed by atoms with E-state index in [1.165, 1.54) is 11.8 Å². The first-order chi connectivity index (χ1) is 14.0. The van der Waals surface area contributed by atoms with E-state index in [4.69, 9.17) is 21.1 Å². The first-order valence-electron chi connectivity index (χ1n) is 8.49. The van der Waals surface area contributed by atoms with Crippen LogP contribution in [0.25, 0.3) is 0 Å². The SMILES string of the molecule is COc1ccc(OCc2nnc(SCC(=O)Nc3ccc(Br)cc3Cl)n2C)cc1. The molecule has 3 aromatic rings. The van der Waals surface area contributed by atoms with Crippen LogP contribution in [0.4, 0.5) is 5.69 Å². The van der Waals surface area contributed by atoms with Crippen molar-refractivity contribution in [1.82, 2.24) is 14.8 Å². The van der Waals surface area contributed by atoms with Gasteiger partial charge < -0.3 is 19.4 Å². The first kappa shape index (κ1) is 21.5. The van der Waals surface area contributed by atoms with Crippen LogP contribution in [0.1, 0.15) is 5.82 Å². The van der Waals surface area contributed by atoms with Crippen LogP contribution < -0.4 is 14.8 Å². The van der Waals surface area contributed by atoms with E-state index in [1.807, 2.05) is 37.4 Å². The molecule has 1 heterocycles. The van der Waals surface area contributed by atoms with Crippen molar-refractivity contribution in [3.63, 3.8) is 0 Å². The smallest absolute Gasteiger partial charge is 0.234 e. The van der Waals surface area contributed by atoms with Gasteiger partial charge in [0.2, 0.25) is 5.91 Å². The third-order valence-electron chi connectivity index (χ3n) is 3.89. The number of halogens is 2. The van der Waals surface area contributed by atoms with E-state index in [9.17, 15) is 4.79 Å². The zero-order valence-corrected chi connectivity index (χ0v) is 18.8. The summed E-state index contributed by atoms with van der Waals surface area (Å²) in [5, 5.41) is 12.1. The van der Waals surface area contributed by atoms with Crippen LogP contribution in [-0.2, 0) is 18.4 Å². The zero-order valence-electron chi connectivity index (χ0n) is 15.7. The average molecular weight is 498 g/mol. The van der Waals surface area contributed by atoms with Gasteiger partial charge in [0.15, 0.2) is 11.0 Å². The largest absolute Gasteiger partial charge is 0.497 e. The van der Waals surface area contributed by atoms with Crippen molar-refractivity contribution in [1.29, 1.82) is 0 Å². The number of hydrogen-bond acceptors (Lipinski definition) is 6. The molecule has 1 amide bonds. The van der Waals surface area contributed by atoms with E-state index in [0.29, 0.717) is 27.4 Å². The molecule has 0 saturated heterocycles. The quantitative estimate of drug-likeness (QED) is 0.460. The molecule has 0 fully saturated rings. The van der Waals surface area contributed by atoms with Crippen LogP contribution in [0, 0.1) is 0 Å². The number of nitrogens with one attached hydrogen (secondary N) is 1. The summed E-state index contributed by atoms with van der Waals surface area (Å²) >= 11 is 10.7. The number of carbonyl (C=O) groups excluding carboxylic acids is 1. The Morgan fingerprint density at radius 1 is 1.21 bits per heavy atom. The third-order valence-corrected chi connectivity index (χ3v) is 5.72. The molecule has 0 aliphatic heterocycles. The number of rotatable bonds is 8. The molecule has 0 spiro atoms. The highest BCUT2D eigenvalue weighted by molar-refractivity contribution is 9.10. The molecule has 29 heavy (non-hydrogen) atoms. The number of nitrogens with zero attached hydrogens (tertiary/aromatic N) is 3. The highest BCUT2D eigenvalue weighted by Gasteiger charge is 2.13. The van der Waals surface area contributed by atoms with Gasteiger partial charge in [-0.15, -0.1) is 10.2 Å². The van der Waals surface area contributed by atoms with Gasteiger partial charge in [-0.3, -0.25) is 4.79 Å². The Morgan fingerprint density at radius 2 is 1.93 bits per heavy atom. The number of hydrogen-bond donors (Lipinski definition) is 1. The van der Waals surface area contributed by atoms with Crippen LogP contribution in [0.15, 0.2) is 52.1 Å². The van der Waals surface area contributed by atoms with Gasteiger partial charge in [0, 0.05) is 11.5 Å². The van der Waals surface area contributed by atoms with Crippen LogP contribution in [-0.4, -0.2) is 33.5 Å². The zero-order chi connectivity index (χ0) is 20.8. The Bertz CT molecular complexity index is 998. The number of carbonyl (C=O) groups is 1. The van der Waals surface area contributed by atoms with Gasteiger partial charge in [-0.1, -0.05) is 39.3 Å². The summed E-state index contributed by atoms with van der Waals surface area (Å²) in [6, 6.07) is 12.6. The molecule has 3 rings (SSSR count). The van der Waals surface area contributed by atoms with Gasteiger partial charge in [0.25, 0.3) is 0 Å². The average Bonchev–Trinajstić information content (AvgIpc) is 3.07. The van der Waals surface area contributed by atoms with Crippen LogP contribution in [0.2, 0.25) is 5.02 Å². The Balaban J connectivity index is 1.52. The molecule has 0 bridgehead atoms. The lowest BCUT2D eigenvalue weighted by Crippen LogP contribution is -2.15. The Kier molecular flexibility index (Phi) is 7.40. The van der Waals surface area contributed by atoms with Crippen LogP contribution in [0.3, 0.4) is 0 Å². The maximum absolute atomic E-state index is 12.2. The summed E-state index contributed by atoms with van der Waals surface area (Å²) in [6.45, 7) is 0.261. The number of benzene rings is 2. The van der Waals surface area contributed by atoms with Crippen molar-refractivity contribution < 1.29 is 14.3 Å². The number of thioether (sulfide) groups is 1. The molecule has 7 nitrogen and oxygen atoms in total. The summed E-state index contributed by atoms with van der Waals surface area (Å²) in [4.78, 5) is 12.2. The van der Waals surface area contributed by atoms with Gasteiger partial charge in [-0.05, 0) is 42.5 Å². The van der Waals surface area contributed by atoms with Crippen LogP contribution in [0.5, 0.6) is 11.5 Å². The molecule has 152 valence electrons. The molecule has 0 radical (unpaired) electrons. The molecule has 1 N–H and O–H groups in total. The molecule has 0 aliphatic rings. The minimum atomic E-state index is -0.182. The maximum atomic E-state index is 12.2. The van der Waals surface area contributed by atoms with E-state index < -0.39 is 0 Å². The Morgan fingerprint density at radius 3 is 2.62 bits per heavy atom. The number of aromatic nitrogens is 3. The topological polar surface area (TPSA) is 78.3 Å². The summed E-state index contributed by atoms with van der Waals surface area (Å²) in [5.41, 5.74) is 0.562. The van der Waals surface area contributed by atoms with Gasteiger partial charge in [-0.25, -0.2) is 0 Å². The summed E-state index contributed by atoms with van der Waals surface area (Å²) < 4.78 is 13.5. The molecular formula is C19H18BrClN4O3S. The number of amides is 1. The predicted octanol–water partition coefficient (Wildman–Crippen LogP) is 4.55. The lowest BCUT2D eigenvalue weighted by molar-refractivity contribution is -0.113. The number of methoxy groups -OCH3 is 1. The summed E-state index contributed by atoms with van der Waals surface area (Å²) in [6.07, 6.45) is 0. The van der Waals surface area contributed by atoms with E-state index >= 15 is 0 Å². The summed E-state index contributed by atoms with van der Waals surface area (Å²) in [7, 11) is 3.45. The second-order valence-electron chi connectivity index (χ2n) is 5.88. The fourth-order valence-corrected chi connectivity index (χ4v) is 3.77. The fraction of sp³-hybridized carbons (Fsp3) is 0.211. The van der Waals surface area contributed by atoms with Gasteiger partial charge >= 0.3 is 0 Å². The van der Waals surface area contributed by atoms with Crippen molar-refractivity contribution in [2.75, 3.05) is 18.2 Å². The summed E-state index contributed by atoms with van der Waals surface area (Å²) in [5.74, 6) is 2.11. The van der Waals surface area contributed by atoms with E-state index in [2.05, 4.69) is 31.4 Å². The molecule has 0 saturated carbocycles. The second kappa shape index (κ2) is 10.00. The Hall–Kier alpha value is -2.23. The standard InChI is InChI=1S/C19H18BrClN4O3S/c1-25-17(10-28-14-6-4-13(27-2)5-7-14)23-24-19(25)29-11-18(26)22-16-8-3-12(20)9-15(16)21/h3-9H,10-11H2,1-2H3,(H,22,26). The lowest BCUT2D eigenvalue weighted by Gasteiger charge is -2.08. The highest BCUT2D eigenvalue weighted by Crippen LogP contribution is 2.26. The van der Waals surface area contributed by atoms with Crippen molar-refractivity contribution >= 4 is 50.9 Å². The Labute approximate surface area is 185 Å². The molecular weight excluding hydrogens is 480 g/mol. The molecule has 0 unspecified atom stereocenters. The number of ether oxygens (including phenoxy) is 2. The highest BCUT2D eigenvalue weighted by atomic mass is 79.9. The van der Waals surface area contributed by atoms with Crippen molar-refractivity contribution in [2.45, 2.75) is 11.8 Å². The maximum Gasteiger partial charge on any atom is 0.234 e. The molecule has 1 aromatic heterocycles.